The van der Waals surface area contributed by atoms with Gasteiger partial charge in [0.05, 0.1) is 11.7 Å². The first-order valence-electron chi connectivity index (χ1n) is 7.41. The van der Waals surface area contributed by atoms with Gasteiger partial charge in [0.15, 0.2) is 0 Å². The molecule has 2 rings (SSSR count). The van der Waals surface area contributed by atoms with E-state index in [0.717, 1.165) is 5.56 Å². The molecule has 2 aromatic carbocycles. The van der Waals surface area contributed by atoms with Gasteiger partial charge in [-0.05, 0) is 44.5 Å². The average Bonchev–Trinajstić information content (AvgIpc) is 2.52. The summed E-state index contributed by atoms with van der Waals surface area (Å²) in [5.74, 6) is -0.313. The summed E-state index contributed by atoms with van der Waals surface area (Å²) in [6.07, 6.45) is -0.0505. The molecule has 120 valence electrons. The number of nitrogens with one attached hydrogen (secondary N) is 2. The fourth-order valence-electron chi connectivity index (χ4n) is 2.09. The van der Waals surface area contributed by atoms with Crippen LogP contribution in [0.15, 0.2) is 48.5 Å². The van der Waals surface area contributed by atoms with Crippen LogP contribution in [0.1, 0.15) is 40.1 Å². The number of carbonyl (C=O) groups is 2. The van der Waals surface area contributed by atoms with Crippen LogP contribution in [0.4, 0.5) is 0 Å². The summed E-state index contributed by atoms with van der Waals surface area (Å²) in [4.78, 5) is 24.4. The third-order valence-electron chi connectivity index (χ3n) is 3.17. The fraction of sp³-hybridized carbons (Fsp3) is 0.222. The number of hydrogen-bond acceptors (Lipinski definition) is 3. The predicted molar refractivity (Wildman–Crippen MR) is 88.3 cm³/mol. The molecule has 0 bridgehead atoms. The van der Waals surface area contributed by atoms with E-state index >= 15 is 0 Å². The fourth-order valence-corrected chi connectivity index (χ4v) is 2.09. The molecule has 2 N–H and O–H groups in total. The number of carbonyl (C=O) groups excluding carboxylic acids is 2. The summed E-state index contributed by atoms with van der Waals surface area (Å²) in [5.41, 5.74) is 6.56. The lowest BCUT2D eigenvalue weighted by atomic mass is 10.1. The minimum absolute atomic E-state index is 0.0505. The van der Waals surface area contributed by atoms with Crippen molar-refractivity contribution < 1.29 is 14.3 Å². The van der Waals surface area contributed by atoms with E-state index in [1.807, 2.05) is 32.9 Å². The highest BCUT2D eigenvalue weighted by atomic mass is 16.5. The van der Waals surface area contributed by atoms with Gasteiger partial charge in [-0.25, -0.2) is 0 Å². The van der Waals surface area contributed by atoms with E-state index in [1.165, 1.54) is 0 Å². The van der Waals surface area contributed by atoms with Crippen LogP contribution in [0.2, 0.25) is 0 Å². The Bertz CT molecular complexity index is 711. The molecule has 0 aromatic heterocycles. The zero-order valence-corrected chi connectivity index (χ0v) is 13.4. The second kappa shape index (κ2) is 7.45. The molecule has 0 spiro atoms. The molecule has 0 unspecified atom stereocenters. The first kappa shape index (κ1) is 16.5. The van der Waals surface area contributed by atoms with E-state index in [9.17, 15) is 9.59 Å². The van der Waals surface area contributed by atoms with E-state index in [1.54, 1.807) is 36.4 Å². The van der Waals surface area contributed by atoms with Crippen molar-refractivity contribution in [2.75, 3.05) is 0 Å². The minimum atomic E-state index is -0.428. The van der Waals surface area contributed by atoms with Crippen LogP contribution in [-0.4, -0.2) is 17.9 Å². The maximum atomic E-state index is 12.3. The number of amides is 2. The Kier molecular flexibility index (Phi) is 5.36. The highest BCUT2D eigenvalue weighted by Gasteiger charge is 2.14. The lowest BCUT2D eigenvalue weighted by Gasteiger charge is -2.14. The molecule has 2 amide bonds. The van der Waals surface area contributed by atoms with Crippen LogP contribution < -0.4 is 15.6 Å². The molecule has 0 fully saturated rings. The van der Waals surface area contributed by atoms with Gasteiger partial charge in [-0.2, -0.15) is 0 Å². The largest absolute Gasteiger partial charge is 0.490 e. The zero-order chi connectivity index (χ0) is 16.8. The maximum Gasteiger partial charge on any atom is 0.273 e. The number of hydrogen-bond donors (Lipinski definition) is 2. The number of aryl methyl sites for hydroxylation is 1. The summed E-state index contributed by atoms with van der Waals surface area (Å²) in [5, 5.41) is 0. The van der Waals surface area contributed by atoms with E-state index in [0.29, 0.717) is 16.9 Å². The topological polar surface area (TPSA) is 67.4 Å². The van der Waals surface area contributed by atoms with Gasteiger partial charge in [0.2, 0.25) is 0 Å². The zero-order valence-electron chi connectivity index (χ0n) is 13.4. The number of hydrazine groups is 1. The van der Waals surface area contributed by atoms with Crippen molar-refractivity contribution in [2.24, 2.45) is 0 Å². The smallest absolute Gasteiger partial charge is 0.273 e. The van der Waals surface area contributed by atoms with Crippen molar-refractivity contribution in [3.8, 4) is 5.75 Å². The van der Waals surface area contributed by atoms with Crippen molar-refractivity contribution in [2.45, 2.75) is 26.9 Å². The van der Waals surface area contributed by atoms with Crippen molar-refractivity contribution >= 4 is 11.8 Å². The normalized spacial score (nSPS) is 10.3. The first-order valence-corrected chi connectivity index (χ1v) is 7.41. The van der Waals surface area contributed by atoms with Gasteiger partial charge in [-0.15, -0.1) is 0 Å². The van der Waals surface area contributed by atoms with Crippen LogP contribution in [0.3, 0.4) is 0 Å². The van der Waals surface area contributed by atoms with Gasteiger partial charge >= 0.3 is 0 Å². The third-order valence-corrected chi connectivity index (χ3v) is 3.17. The van der Waals surface area contributed by atoms with Crippen LogP contribution in [0.25, 0.3) is 0 Å². The summed E-state index contributed by atoms with van der Waals surface area (Å²) < 4.78 is 5.60. The van der Waals surface area contributed by atoms with E-state index < -0.39 is 5.91 Å². The van der Waals surface area contributed by atoms with Gasteiger partial charge in [-0.3, -0.25) is 20.4 Å². The first-order chi connectivity index (χ1) is 11.0. The standard InChI is InChI=1S/C18H20N2O3/c1-12(2)23-16-11-7-6-10-15(16)18(22)20-19-17(21)14-9-5-4-8-13(14)3/h4-12H,1-3H3,(H,19,21)(H,20,22). The molecular weight excluding hydrogens is 292 g/mol. The molecule has 0 saturated carbocycles. The van der Waals surface area contributed by atoms with Crippen LogP contribution in [0, 0.1) is 6.92 Å². The Labute approximate surface area is 135 Å². The van der Waals surface area contributed by atoms with Crippen LogP contribution >= 0.6 is 0 Å². The second-order valence-electron chi connectivity index (χ2n) is 5.39. The van der Waals surface area contributed by atoms with Crippen molar-refractivity contribution in [3.05, 3.63) is 65.2 Å². The highest BCUT2D eigenvalue weighted by Crippen LogP contribution is 2.19. The Morgan fingerprint density at radius 1 is 0.870 bits per heavy atom. The molecule has 0 saturated heterocycles. The number of ether oxygens (including phenoxy) is 1. The third kappa shape index (κ3) is 4.32. The highest BCUT2D eigenvalue weighted by molar-refractivity contribution is 6.00. The molecule has 0 atom stereocenters. The maximum absolute atomic E-state index is 12.3. The monoisotopic (exact) mass is 312 g/mol. The molecule has 0 heterocycles. The van der Waals surface area contributed by atoms with Gasteiger partial charge in [0.25, 0.3) is 11.8 Å². The van der Waals surface area contributed by atoms with Gasteiger partial charge < -0.3 is 4.74 Å². The number of rotatable bonds is 4. The van der Waals surface area contributed by atoms with Gasteiger partial charge in [0.1, 0.15) is 5.75 Å². The molecule has 0 aliphatic rings. The molecule has 5 nitrogen and oxygen atoms in total. The molecule has 0 radical (unpaired) electrons. The van der Waals surface area contributed by atoms with Crippen LogP contribution in [-0.2, 0) is 0 Å². The average molecular weight is 312 g/mol. The summed E-state index contributed by atoms with van der Waals surface area (Å²) in [6.45, 7) is 5.60. The number of para-hydroxylation sites is 1. The lowest BCUT2D eigenvalue weighted by molar-refractivity contribution is 0.0843. The Morgan fingerprint density at radius 3 is 2.00 bits per heavy atom. The van der Waals surface area contributed by atoms with E-state index in [2.05, 4.69) is 10.9 Å². The van der Waals surface area contributed by atoms with Crippen LogP contribution in [0.5, 0.6) is 5.75 Å². The molecule has 23 heavy (non-hydrogen) atoms. The van der Waals surface area contributed by atoms with Crippen molar-refractivity contribution in [1.82, 2.24) is 10.9 Å². The van der Waals surface area contributed by atoms with Crippen molar-refractivity contribution in [3.63, 3.8) is 0 Å². The van der Waals surface area contributed by atoms with Gasteiger partial charge in [-0.1, -0.05) is 30.3 Å². The minimum Gasteiger partial charge on any atom is -0.490 e. The second-order valence-corrected chi connectivity index (χ2v) is 5.39. The Morgan fingerprint density at radius 2 is 1.39 bits per heavy atom. The predicted octanol–water partition coefficient (Wildman–Crippen LogP) is 2.86. The Hall–Kier alpha value is -2.82. The summed E-state index contributed by atoms with van der Waals surface area (Å²) in [7, 11) is 0. The summed E-state index contributed by atoms with van der Waals surface area (Å²) in [6, 6.07) is 14.1. The quantitative estimate of drug-likeness (QED) is 0.853. The number of benzene rings is 2. The Balaban J connectivity index is 2.06. The van der Waals surface area contributed by atoms with Gasteiger partial charge in [0, 0.05) is 5.56 Å². The molecular formula is C18H20N2O3. The molecule has 2 aromatic rings. The van der Waals surface area contributed by atoms with E-state index in [4.69, 9.17) is 4.74 Å². The molecule has 0 aliphatic carbocycles. The van der Waals surface area contributed by atoms with E-state index in [-0.39, 0.29) is 12.0 Å². The SMILES string of the molecule is Cc1ccccc1C(=O)NNC(=O)c1ccccc1OC(C)C. The molecule has 0 aliphatic heterocycles. The summed E-state index contributed by atoms with van der Waals surface area (Å²) >= 11 is 0. The van der Waals surface area contributed by atoms with Crippen molar-refractivity contribution in [1.29, 1.82) is 0 Å². The lowest BCUT2D eigenvalue weighted by Crippen LogP contribution is -2.42. The molecule has 5 heteroatoms.